The first-order chi connectivity index (χ1) is 6.39. The van der Waals surface area contributed by atoms with Crippen LogP contribution in [0.1, 0.15) is 13.8 Å². The van der Waals surface area contributed by atoms with E-state index in [-0.39, 0.29) is 13.2 Å². The third-order valence-corrected chi connectivity index (χ3v) is 1.44. The van der Waals surface area contributed by atoms with Crippen LogP contribution in [-0.4, -0.2) is 42.4 Å². The number of carbonyl (C=O) groups excluding carboxylic acids is 2. The van der Waals surface area contributed by atoms with Gasteiger partial charge in [-0.1, -0.05) is 0 Å². The molecule has 14 heavy (non-hydrogen) atoms. The lowest BCUT2D eigenvalue weighted by Crippen LogP contribution is -2.52. The van der Waals surface area contributed by atoms with Crippen molar-refractivity contribution in [2.75, 3.05) is 19.8 Å². The van der Waals surface area contributed by atoms with Crippen LogP contribution in [0, 0.1) is 0 Å². The Morgan fingerprint density at radius 3 is 1.79 bits per heavy atom. The van der Waals surface area contributed by atoms with Gasteiger partial charge in [0.15, 0.2) is 0 Å². The van der Waals surface area contributed by atoms with E-state index < -0.39 is 24.1 Å². The zero-order valence-electron chi connectivity index (χ0n) is 8.28. The first-order valence-electron chi connectivity index (χ1n) is 4.06. The molecule has 0 aliphatic heterocycles. The normalized spacial score (nSPS) is 10.9. The number of aliphatic hydroxyl groups excluding tert-OH is 1. The minimum Gasteiger partial charge on any atom is -0.464 e. The maximum absolute atomic E-state index is 10.5. The summed E-state index contributed by atoms with van der Waals surface area (Å²) in [5.74, 6) is -1.01. The van der Waals surface area contributed by atoms with Crippen LogP contribution in [0.15, 0.2) is 0 Å². The van der Waals surface area contributed by atoms with Crippen molar-refractivity contribution in [1.82, 2.24) is 0 Å². The van der Waals surface area contributed by atoms with Crippen LogP contribution in [0.3, 0.4) is 0 Å². The van der Waals surface area contributed by atoms with E-state index in [1.165, 1.54) is 13.8 Å². The molecular formula is C8H15NO5. The van der Waals surface area contributed by atoms with Crippen molar-refractivity contribution in [1.29, 1.82) is 0 Å². The maximum Gasteiger partial charge on any atom is 0.302 e. The lowest BCUT2D eigenvalue weighted by Gasteiger charge is -2.25. The smallest absolute Gasteiger partial charge is 0.302 e. The van der Waals surface area contributed by atoms with E-state index in [0.29, 0.717) is 0 Å². The molecule has 0 spiro atoms. The fourth-order valence-electron chi connectivity index (χ4n) is 0.624. The molecule has 0 saturated heterocycles. The molecule has 0 heterocycles. The molecule has 0 amide bonds. The number of nitrogens with two attached hydrogens (primary N) is 1. The number of aliphatic hydroxyl groups is 1. The molecule has 0 radical (unpaired) electrons. The monoisotopic (exact) mass is 205 g/mol. The fraction of sp³-hybridized carbons (Fsp3) is 0.750. The average molecular weight is 205 g/mol. The van der Waals surface area contributed by atoms with Gasteiger partial charge in [-0.25, -0.2) is 0 Å². The van der Waals surface area contributed by atoms with Crippen molar-refractivity contribution in [3.8, 4) is 0 Å². The highest BCUT2D eigenvalue weighted by Crippen LogP contribution is 2.02. The van der Waals surface area contributed by atoms with Crippen LogP contribution < -0.4 is 5.73 Å². The Hall–Kier alpha value is -1.14. The van der Waals surface area contributed by atoms with E-state index in [4.69, 9.17) is 10.8 Å². The van der Waals surface area contributed by atoms with Gasteiger partial charge in [-0.2, -0.15) is 0 Å². The standard InChI is InChI=1S/C8H15NO5/c1-6(11)13-4-8(9,3-10)5-14-7(2)12/h10H,3-5,9H2,1-2H3. The second-order valence-corrected chi connectivity index (χ2v) is 3.08. The topological polar surface area (TPSA) is 98.8 Å². The Kier molecular flexibility index (Phi) is 5.11. The van der Waals surface area contributed by atoms with Crippen molar-refractivity contribution >= 4 is 11.9 Å². The summed E-state index contributed by atoms with van der Waals surface area (Å²) >= 11 is 0. The third-order valence-electron chi connectivity index (χ3n) is 1.44. The Bertz CT molecular complexity index is 198. The molecule has 0 atom stereocenters. The molecule has 0 aliphatic rings. The SMILES string of the molecule is CC(=O)OCC(N)(CO)COC(C)=O. The molecule has 0 aromatic rings. The van der Waals surface area contributed by atoms with Gasteiger partial charge in [-0.05, 0) is 0 Å². The van der Waals surface area contributed by atoms with Gasteiger partial charge in [0.1, 0.15) is 18.8 Å². The molecule has 0 unspecified atom stereocenters. The second kappa shape index (κ2) is 5.56. The Balaban J connectivity index is 4.03. The quantitative estimate of drug-likeness (QED) is 0.547. The summed E-state index contributed by atoms with van der Waals surface area (Å²) in [5.41, 5.74) is 4.36. The highest BCUT2D eigenvalue weighted by Gasteiger charge is 2.27. The molecule has 0 bridgehead atoms. The van der Waals surface area contributed by atoms with Crippen LogP contribution in [0.25, 0.3) is 0 Å². The number of hydrogen-bond acceptors (Lipinski definition) is 6. The molecule has 82 valence electrons. The lowest BCUT2D eigenvalue weighted by atomic mass is 10.1. The van der Waals surface area contributed by atoms with Crippen molar-refractivity contribution in [3.63, 3.8) is 0 Å². The Labute approximate surface area is 82.0 Å². The van der Waals surface area contributed by atoms with Gasteiger partial charge in [0.25, 0.3) is 0 Å². The number of ether oxygens (including phenoxy) is 2. The Morgan fingerprint density at radius 2 is 1.57 bits per heavy atom. The highest BCUT2D eigenvalue weighted by atomic mass is 16.5. The summed E-state index contributed by atoms with van der Waals surface area (Å²) in [4.78, 5) is 21.0. The molecule has 0 rings (SSSR count). The minimum absolute atomic E-state index is 0.188. The van der Waals surface area contributed by atoms with Crippen molar-refractivity contribution in [3.05, 3.63) is 0 Å². The summed E-state index contributed by atoms with van der Waals surface area (Å²) < 4.78 is 9.23. The highest BCUT2D eigenvalue weighted by molar-refractivity contribution is 5.66. The average Bonchev–Trinajstić information content (AvgIpc) is 2.11. The van der Waals surface area contributed by atoms with Gasteiger partial charge in [-0.3, -0.25) is 9.59 Å². The van der Waals surface area contributed by atoms with Crippen LogP contribution in [-0.2, 0) is 19.1 Å². The Morgan fingerprint density at radius 1 is 1.21 bits per heavy atom. The molecule has 0 fully saturated rings. The van der Waals surface area contributed by atoms with E-state index in [9.17, 15) is 9.59 Å². The number of hydrogen-bond donors (Lipinski definition) is 2. The molecule has 0 aromatic carbocycles. The van der Waals surface area contributed by atoms with Crippen molar-refractivity contribution in [2.45, 2.75) is 19.4 Å². The minimum atomic E-state index is -1.22. The summed E-state index contributed by atoms with van der Waals surface area (Å²) in [6.07, 6.45) is 0. The number of esters is 2. The second-order valence-electron chi connectivity index (χ2n) is 3.08. The van der Waals surface area contributed by atoms with Crippen LogP contribution >= 0.6 is 0 Å². The predicted octanol–water partition coefficient (Wildman–Crippen LogP) is -1.20. The van der Waals surface area contributed by atoms with Crippen LogP contribution in [0.4, 0.5) is 0 Å². The molecule has 0 aliphatic carbocycles. The summed E-state index contributed by atoms with van der Waals surface area (Å²) in [6, 6.07) is 0. The zero-order chi connectivity index (χ0) is 11.2. The molecule has 0 saturated carbocycles. The van der Waals surface area contributed by atoms with Crippen molar-refractivity contribution in [2.24, 2.45) is 5.73 Å². The number of rotatable bonds is 5. The first kappa shape index (κ1) is 12.9. The van der Waals surface area contributed by atoms with Gasteiger partial charge >= 0.3 is 11.9 Å². The maximum atomic E-state index is 10.5. The molecule has 6 nitrogen and oxygen atoms in total. The lowest BCUT2D eigenvalue weighted by molar-refractivity contribution is -0.148. The van der Waals surface area contributed by atoms with Gasteiger partial charge in [-0.15, -0.1) is 0 Å². The van der Waals surface area contributed by atoms with Crippen LogP contribution in [0.2, 0.25) is 0 Å². The number of carbonyl (C=O) groups is 2. The zero-order valence-corrected chi connectivity index (χ0v) is 8.28. The summed E-state index contributed by atoms with van der Waals surface area (Å²) in [6.45, 7) is 1.64. The molecule has 6 heteroatoms. The summed E-state index contributed by atoms with van der Waals surface area (Å²) in [5, 5.41) is 8.90. The van der Waals surface area contributed by atoms with E-state index in [1.54, 1.807) is 0 Å². The largest absolute Gasteiger partial charge is 0.464 e. The van der Waals surface area contributed by atoms with Gasteiger partial charge in [0.05, 0.1) is 6.61 Å². The van der Waals surface area contributed by atoms with E-state index in [0.717, 1.165) is 0 Å². The molecular weight excluding hydrogens is 190 g/mol. The summed E-state index contributed by atoms with van der Waals surface area (Å²) in [7, 11) is 0. The fourth-order valence-corrected chi connectivity index (χ4v) is 0.624. The van der Waals surface area contributed by atoms with E-state index >= 15 is 0 Å². The molecule has 0 aromatic heterocycles. The van der Waals surface area contributed by atoms with Crippen LogP contribution in [0.5, 0.6) is 0 Å². The van der Waals surface area contributed by atoms with E-state index in [2.05, 4.69) is 9.47 Å². The first-order valence-corrected chi connectivity index (χ1v) is 4.06. The van der Waals surface area contributed by atoms with E-state index in [1.807, 2.05) is 0 Å². The molecule has 3 N–H and O–H groups in total. The predicted molar refractivity (Wildman–Crippen MR) is 47.3 cm³/mol. The van der Waals surface area contributed by atoms with Gasteiger partial charge in [0, 0.05) is 13.8 Å². The van der Waals surface area contributed by atoms with Crippen molar-refractivity contribution < 1.29 is 24.2 Å². The van der Waals surface area contributed by atoms with Gasteiger partial charge in [0.2, 0.25) is 0 Å². The van der Waals surface area contributed by atoms with Gasteiger partial charge < -0.3 is 20.3 Å². The third kappa shape index (κ3) is 5.50.